The third-order valence-electron chi connectivity index (χ3n) is 3.13. The molecule has 1 aromatic heterocycles. The van der Waals surface area contributed by atoms with Gasteiger partial charge in [-0.1, -0.05) is 32.0 Å². The smallest absolute Gasteiger partial charge is 0.194 e. The lowest BCUT2D eigenvalue weighted by Gasteiger charge is -2.06. The maximum atomic E-state index is 5.84. The Bertz CT molecular complexity index is 563. The van der Waals surface area contributed by atoms with Gasteiger partial charge in [0.2, 0.25) is 0 Å². The molecule has 0 aliphatic carbocycles. The second-order valence-electron chi connectivity index (χ2n) is 5.27. The standard InChI is InChI=1S/C16H21BrN2O/c1-11(2)18-9-5-8-15-19-10-14(20-15)13-7-4-6-12(3)16(13)17/h4,6-7,10-11,18H,5,8-9H2,1-3H3. The predicted octanol–water partition coefficient (Wildman–Crippen LogP) is 4.34. The van der Waals surface area contributed by atoms with Gasteiger partial charge in [-0.2, -0.15) is 0 Å². The third-order valence-corrected chi connectivity index (χ3v) is 4.18. The van der Waals surface area contributed by atoms with E-state index in [2.05, 4.69) is 53.1 Å². The molecule has 0 radical (unpaired) electrons. The number of aryl methyl sites for hydroxylation is 2. The lowest BCUT2D eigenvalue weighted by atomic mass is 10.1. The fourth-order valence-corrected chi connectivity index (χ4v) is 2.48. The summed E-state index contributed by atoms with van der Waals surface area (Å²) >= 11 is 3.61. The Balaban J connectivity index is 2.00. The van der Waals surface area contributed by atoms with Gasteiger partial charge in [0.1, 0.15) is 0 Å². The molecule has 0 atom stereocenters. The molecule has 2 rings (SSSR count). The summed E-state index contributed by atoms with van der Waals surface area (Å²) in [5.41, 5.74) is 2.26. The molecule has 0 spiro atoms. The van der Waals surface area contributed by atoms with E-state index < -0.39 is 0 Å². The van der Waals surface area contributed by atoms with Crippen LogP contribution in [0, 0.1) is 6.92 Å². The van der Waals surface area contributed by atoms with Crippen molar-refractivity contribution >= 4 is 15.9 Å². The minimum absolute atomic E-state index is 0.526. The van der Waals surface area contributed by atoms with Crippen LogP contribution in [0.1, 0.15) is 31.7 Å². The average molecular weight is 337 g/mol. The van der Waals surface area contributed by atoms with Gasteiger partial charge in [-0.05, 0) is 41.4 Å². The monoisotopic (exact) mass is 336 g/mol. The maximum Gasteiger partial charge on any atom is 0.194 e. The summed E-state index contributed by atoms with van der Waals surface area (Å²) in [7, 11) is 0. The number of oxazole rings is 1. The van der Waals surface area contributed by atoms with E-state index in [9.17, 15) is 0 Å². The number of nitrogens with one attached hydrogen (secondary N) is 1. The molecular formula is C16H21BrN2O. The van der Waals surface area contributed by atoms with Gasteiger partial charge >= 0.3 is 0 Å². The zero-order valence-corrected chi connectivity index (χ0v) is 13.8. The molecule has 2 aromatic rings. The van der Waals surface area contributed by atoms with Crippen LogP contribution in [-0.4, -0.2) is 17.6 Å². The van der Waals surface area contributed by atoms with Gasteiger partial charge in [0.15, 0.2) is 11.7 Å². The first-order valence-electron chi connectivity index (χ1n) is 7.01. The van der Waals surface area contributed by atoms with Gasteiger partial charge in [-0.15, -0.1) is 0 Å². The molecule has 108 valence electrons. The van der Waals surface area contributed by atoms with Crippen LogP contribution >= 0.6 is 15.9 Å². The summed E-state index contributed by atoms with van der Waals surface area (Å²) in [4.78, 5) is 4.36. The molecule has 20 heavy (non-hydrogen) atoms. The molecule has 0 amide bonds. The van der Waals surface area contributed by atoms with Crippen molar-refractivity contribution in [2.75, 3.05) is 6.54 Å². The highest BCUT2D eigenvalue weighted by atomic mass is 79.9. The fourth-order valence-electron chi connectivity index (χ4n) is 2.02. The first kappa shape index (κ1) is 15.3. The normalized spacial score (nSPS) is 11.2. The number of hydrogen-bond donors (Lipinski definition) is 1. The molecule has 1 N–H and O–H groups in total. The van der Waals surface area contributed by atoms with Crippen molar-refractivity contribution in [3.63, 3.8) is 0 Å². The van der Waals surface area contributed by atoms with Crippen LogP contribution in [0.5, 0.6) is 0 Å². The first-order valence-corrected chi connectivity index (χ1v) is 7.81. The Hall–Kier alpha value is -1.13. The van der Waals surface area contributed by atoms with Gasteiger partial charge < -0.3 is 9.73 Å². The summed E-state index contributed by atoms with van der Waals surface area (Å²) < 4.78 is 6.92. The highest BCUT2D eigenvalue weighted by molar-refractivity contribution is 9.10. The summed E-state index contributed by atoms with van der Waals surface area (Å²) in [6.07, 6.45) is 3.71. The molecule has 1 aromatic carbocycles. The van der Waals surface area contributed by atoms with Crippen LogP contribution in [0.3, 0.4) is 0 Å². The lowest BCUT2D eigenvalue weighted by Crippen LogP contribution is -2.23. The summed E-state index contributed by atoms with van der Waals surface area (Å²) in [5, 5.41) is 3.39. The van der Waals surface area contributed by atoms with Crippen LogP contribution in [0.25, 0.3) is 11.3 Å². The quantitative estimate of drug-likeness (QED) is 0.797. The van der Waals surface area contributed by atoms with Crippen molar-refractivity contribution in [3.8, 4) is 11.3 Å². The Kier molecular flexibility index (Phi) is 5.38. The topological polar surface area (TPSA) is 38.1 Å². The Morgan fingerprint density at radius 3 is 2.90 bits per heavy atom. The Labute approximate surface area is 128 Å². The molecule has 0 unspecified atom stereocenters. The van der Waals surface area contributed by atoms with Crippen molar-refractivity contribution < 1.29 is 4.42 Å². The lowest BCUT2D eigenvalue weighted by molar-refractivity contribution is 0.484. The van der Waals surface area contributed by atoms with E-state index in [0.29, 0.717) is 6.04 Å². The van der Waals surface area contributed by atoms with Crippen LogP contribution in [0.2, 0.25) is 0 Å². The largest absolute Gasteiger partial charge is 0.441 e. The molecule has 0 aliphatic rings. The van der Waals surface area contributed by atoms with Gasteiger partial charge in [-0.25, -0.2) is 4.98 Å². The number of halogens is 1. The van der Waals surface area contributed by atoms with E-state index in [0.717, 1.165) is 41.1 Å². The highest BCUT2D eigenvalue weighted by Crippen LogP contribution is 2.31. The Morgan fingerprint density at radius 1 is 1.35 bits per heavy atom. The zero-order valence-electron chi connectivity index (χ0n) is 12.2. The van der Waals surface area contributed by atoms with Gasteiger partial charge in [0.05, 0.1) is 6.20 Å². The van der Waals surface area contributed by atoms with E-state index >= 15 is 0 Å². The number of aromatic nitrogens is 1. The minimum Gasteiger partial charge on any atom is -0.441 e. The zero-order chi connectivity index (χ0) is 14.5. The van der Waals surface area contributed by atoms with E-state index in [-0.39, 0.29) is 0 Å². The minimum atomic E-state index is 0.526. The number of benzene rings is 1. The first-order chi connectivity index (χ1) is 9.58. The van der Waals surface area contributed by atoms with Crippen LogP contribution in [0.4, 0.5) is 0 Å². The summed E-state index contributed by atoms with van der Waals surface area (Å²) in [6.45, 7) is 7.36. The summed E-state index contributed by atoms with van der Waals surface area (Å²) in [5.74, 6) is 1.63. The van der Waals surface area contributed by atoms with Gasteiger partial charge in [0.25, 0.3) is 0 Å². The maximum absolute atomic E-state index is 5.84. The van der Waals surface area contributed by atoms with E-state index in [4.69, 9.17) is 4.42 Å². The van der Waals surface area contributed by atoms with Crippen molar-refractivity contribution in [1.29, 1.82) is 0 Å². The second kappa shape index (κ2) is 7.04. The van der Waals surface area contributed by atoms with Crippen LogP contribution < -0.4 is 5.32 Å². The van der Waals surface area contributed by atoms with E-state index in [1.807, 2.05) is 18.3 Å². The SMILES string of the molecule is Cc1cccc(-c2cnc(CCCNC(C)C)o2)c1Br. The van der Waals surface area contributed by atoms with Crippen molar-refractivity contribution in [3.05, 3.63) is 40.3 Å². The van der Waals surface area contributed by atoms with E-state index in [1.54, 1.807) is 0 Å². The van der Waals surface area contributed by atoms with Gasteiger partial charge in [-0.3, -0.25) is 0 Å². The number of hydrogen-bond acceptors (Lipinski definition) is 3. The highest BCUT2D eigenvalue weighted by Gasteiger charge is 2.10. The van der Waals surface area contributed by atoms with Crippen molar-refractivity contribution in [2.45, 2.75) is 39.7 Å². The van der Waals surface area contributed by atoms with Crippen molar-refractivity contribution in [2.24, 2.45) is 0 Å². The Morgan fingerprint density at radius 2 is 2.15 bits per heavy atom. The second-order valence-corrected chi connectivity index (χ2v) is 6.06. The molecule has 1 heterocycles. The molecule has 0 bridgehead atoms. The molecule has 0 fully saturated rings. The molecule has 0 saturated heterocycles. The number of rotatable bonds is 6. The molecular weight excluding hydrogens is 316 g/mol. The van der Waals surface area contributed by atoms with Gasteiger partial charge in [0, 0.05) is 22.5 Å². The molecule has 3 nitrogen and oxygen atoms in total. The molecule has 0 aliphatic heterocycles. The van der Waals surface area contributed by atoms with Crippen LogP contribution in [0.15, 0.2) is 33.3 Å². The summed E-state index contributed by atoms with van der Waals surface area (Å²) in [6, 6.07) is 6.67. The predicted molar refractivity (Wildman–Crippen MR) is 85.8 cm³/mol. The number of nitrogens with zero attached hydrogens (tertiary/aromatic N) is 1. The fraction of sp³-hybridized carbons (Fsp3) is 0.438. The van der Waals surface area contributed by atoms with Crippen LogP contribution in [-0.2, 0) is 6.42 Å². The molecule has 4 heteroatoms. The molecule has 0 saturated carbocycles. The third kappa shape index (κ3) is 3.93. The van der Waals surface area contributed by atoms with E-state index in [1.165, 1.54) is 5.56 Å². The average Bonchev–Trinajstić information content (AvgIpc) is 2.86. The van der Waals surface area contributed by atoms with Crippen molar-refractivity contribution in [1.82, 2.24) is 10.3 Å².